The summed E-state index contributed by atoms with van der Waals surface area (Å²) in [5, 5.41) is 9.85. The Morgan fingerprint density at radius 1 is 0.461 bits per heavy atom. The Hall–Kier alpha value is -6.93. The second kappa shape index (κ2) is 35.2. The molecule has 0 aromatic heterocycles. The van der Waals surface area contributed by atoms with E-state index in [1.54, 1.807) is 69.2 Å². The van der Waals surface area contributed by atoms with Crippen molar-refractivity contribution in [3.8, 4) is 0 Å². The monoisotopic (exact) mass is 1460 g/mol. The van der Waals surface area contributed by atoms with Gasteiger partial charge in [-0.25, -0.2) is 28.8 Å². The molecule has 586 valence electrons. The predicted molar refractivity (Wildman–Crippen MR) is 369 cm³/mol. The molecule has 6 aliphatic rings. The summed E-state index contributed by atoms with van der Waals surface area (Å²) in [6.45, 7) is 54.4. The molecule has 6 rings (SSSR count). The zero-order valence-corrected chi connectivity index (χ0v) is 66.8. The van der Waals surface area contributed by atoms with Gasteiger partial charge in [0.15, 0.2) is 0 Å². The van der Waals surface area contributed by atoms with Gasteiger partial charge in [-0.3, -0.25) is 33.6 Å². The first kappa shape index (κ1) is 93.1. The minimum atomic E-state index is -1.44. The summed E-state index contributed by atoms with van der Waals surface area (Å²) in [6.07, 6.45) is 1.39. The van der Waals surface area contributed by atoms with E-state index in [0.29, 0.717) is 77.6 Å². The molecule has 0 radical (unpaired) electrons. The summed E-state index contributed by atoms with van der Waals surface area (Å²) in [4.78, 5) is 152. The van der Waals surface area contributed by atoms with E-state index in [2.05, 4.69) is 0 Å². The maximum atomic E-state index is 12.0. The number of ether oxygens (including phenoxy) is 13. The summed E-state index contributed by atoms with van der Waals surface area (Å²) in [5.41, 5.74) is -9.85. The molecule has 0 spiro atoms. The van der Waals surface area contributed by atoms with Gasteiger partial charge in [-0.15, -0.1) is 0 Å². The van der Waals surface area contributed by atoms with Crippen LogP contribution in [0.4, 0.5) is 0 Å². The molecule has 7 unspecified atom stereocenters. The summed E-state index contributed by atoms with van der Waals surface area (Å²) in [7, 11) is 0. The number of aliphatic hydroxyl groups excluding tert-OH is 1. The molecule has 1 N–H and O–H groups in total. The average Bonchev–Trinajstić information content (AvgIpc) is 1.63. The third-order valence-electron chi connectivity index (χ3n) is 19.8. The zero-order valence-electron chi connectivity index (χ0n) is 66.8. The van der Waals surface area contributed by atoms with Crippen LogP contribution in [0.2, 0.25) is 0 Å². The molecule has 27 heteroatoms. The van der Waals surface area contributed by atoms with Crippen LogP contribution in [0.1, 0.15) is 272 Å². The Morgan fingerprint density at radius 3 is 1.25 bits per heavy atom. The van der Waals surface area contributed by atoms with Crippen LogP contribution in [-0.2, 0) is 124 Å². The van der Waals surface area contributed by atoms with Gasteiger partial charge in [-0.05, 0) is 191 Å². The lowest BCUT2D eigenvalue weighted by Crippen LogP contribution is -2.44. The molecule has 0 saturated carbocycles. The van der Waals surface area contributed by atoms with E-state index in [1.165, 1.54) is 13.8 Å². The number of hydrogen-bond donors (Lipinski definition) is 1. The Labute approximate surface area is 604 Å². The van der Waals surface area contributed by atoms with E-state index in [1.807, 2.05) is 125 Å². The van der Waals surface area contributed by atoms with Crippen molar-refractivity contribution < 1.29 is 129 Å². The van der Waals surface area contributed by atoms with Crippen molar-refractivity contribution in [2.45, 2.75) is 330 Å². The van der Waals surface area contributed by atoms with E-state index in [9.17, 15) is 67.4 Å². The number of carbonyl (C=O) groups excluding carboxylic acids is 13. The molecular formula is C75H124O27. The lowest BCUT2D eigenvalue weighted by Gasteiger charge is -2.33. The molecule has 6 fully saturated rings. The smallest absolute Gasteiger partial charge is 0.351 e. The van der Waals surface area contributed by atoms with Crippen molar-refractivity contribution in [2.75, 3.05) is 26.4 Å². The Morgan fingerprint density at radius 2 is 0.892 bits per heavy atom. The SMILES string of the molecule is CCC(C)(C)C(=O)OC(C)(C)C(=O)OC1CCOC1=O.CCC(C)(C)C(=O)OC(C)(C)C1COC(=O)C1.CCC(C)(C)C(=O)OC1(C)CC(C)(C)OC1=O.CCC(C)(C)C(=O)OC1(C)CCOC1=O.CCC(C)(C)C(=O)OC1C(=O)OC(C)(C)C1O.CCC(C)(C)C(=O)OC1C(=O)OCC1(C)C. The summed E-state index contributed by atoms with van der Waals surface area (Å²) in [5.74, 6) is -5.83. The number of cyclic esters (lactones) is 6. The number of rotatable bonds is 21. The third-order valence-corrected chi connectivity index (χ3v) is 19.8. The van der Waals surface area contributed by atoms with Crippen molar-refractivity contribution in [2.24, 2.45) is 43.8 Å². The molecular weight excluding hydrogens is 1330 g/mol. The van der Waals surface area contributed by atoms with Crippen molar-refractivity contribution >= 4 is 77.6 Å². The molecule has 27 nitrogen and oxygen atoms in total. The normalized spacial score (nSPS) is 24.2. The van der Waals surface area contributed by atoms with E-state index >= 15 is 0 Å². The molecule has 0 aliphatic carbocycles. The van der Waals surface area contributed by atoms with Gasteiger partial charge in [0.1, 0.15) is 29.5 Å². The van der Waals surface area contributed by atoms with Crippen LogP contribution < -0.4 is 0 Å². The molecule has 6 saturated heterocycles. The maximum Gasteiger partial charge on any atom is 0.351 e. The van der Waals surface area contributed by atoms with Crippen molar-refractivity contribution in [3.63, 3.8) is 0 Å². The lowest BCUT2D eigenvalue weighted by molar-refractivity contribution is -0.188. The van der Waals surface area contributed by atoms with Crippen LogP contribution in [0, 0.1) is 43.8 Å². The van der Waals surface area contributed by atoms with Crippen molar-refractivity contribution in [1.82, 2.24) is 0 Å². The van der Waals surface area contributed by atoms with Gasteiger partial charge >= 0.3 is 77.6 Å². The summed E-state index contributed by atoms with van der Waals surface area (Å²) in [6, 6.07) is 0. The topological polar surface area (TPSA) is 362 Å². The van der Waals surface area contributed by atoms with E-state index in [4.69, 9.17) is 61.6 Å². The fraction of sp³-hybridized carbons (Fsp3) is 0.827. The first-order chi connectivity index (χ1) is 45.9. The molecule has 0 amide bonds. The Balaban J connectivity index is 0.000000613. The van der Waals surface area contributed by atoms with Crippen LogP contribution >= 0.6 is 0 Å². The van der Waals surface area contributed by atoms with Gasteiger partial charge < -0.3 is 66.7 Å². The third kappa shape index (κ3) is 25.7. The number of aliphatic hydroxyl groups is 1. The molecule has 6 heterocycles. The predicted octanol–water partition coefficient (Wildman–Crippen LogP) is 11.0. The van der Waals surface area contributed by atoms with Crippen LogP contribution in [0.3, 0.4) is 0 Å². The Kier molecular flexibility index (Phi) is 32.2. The molecule has 0 aromatic carbocycles. The van der Waals surface area contributed by atoms with E-state index < -0.39 is 144 Å². The first-order valence-electron chi connectivity index (χ1n) is 35.3. The maximum absolute atomic E-state index is 12.0. The van der Waals surface area contributed by atoms with Crippen LogP contribution in [0.5, 0.6) is 0 Å². The fourth-order valence-electron chi connectivity index (χ4n) is 8.74. The molecule has 6 aliphatic heterocycles. The standard InChI is InChI=1S/C14H22O6.2C13H22O4.C12H20O5.C12H20O4.C11H18O4/c1-6-13(2,3)11(16)20-14(4,5)12(17)19-9-7-8-18-10(9)15;1-7-11(2,3)9(14)17-13(6)8-12(4,5)16-10(13)15;1-6-12(2,3)11(15)17-13(4,5)9-7-10(14)16-8-9;1-6-11(2,3)10(15)16-7-8(13)12(4,5)17-9(7)14;1-6-11(2,3)10(14)16-8-9(13)15-7-12(8,4)5;1-5-10(2,3)8(12)15-11(4)6-7-14-9(11)13/h9H,6-8H2,1-5H3;7-8H2,1-6H3;9H,6-8H2,1-5H3;7-8,13H,6H2,1-5H3;8H,6-7H2,1-5H3;5-7H2,1-4H3. The molecule has 102 heavy (non-hydrogen) atoms. The Bertz CT molecular complexity index is 3010. The van der Waals surface area contributed by atoms with Crippen LogP contribution in [0.25, 0.3) is 0 Å². The van der Waals surface area contributed by atoms with Gasteiger partial charge in [0.25, 0.3) is 0 Å². The summed E-state index contributed by atoms with van der Waals surface area (Å²) < 4.78 is 66.3. The lowest BCUT2D eigenvalue weighted by atomic mass is 9.87. The van der Waals surface area contributed by atoms with Gasteiger partial charge in [0, 0.05) is 30.6 Å². The highest BCUT2D eigenvalue weighted by molar-refractivity contribution is 5.89. The molecule has 0 bridgehead atoms. The minimum absolute atomic E-state index is 0.0494. The number of hydrogen-bond acceptors (Lipinski definition) is 27. The second-order valence-corrected chi connectivity index (χ2v) is 33.9. The highest BCUT2D eigenvalue weighted by Crippen LogP contribution is 2.40. The minimum Gasteiger partial charge on any atom is -0.465 e. The molecule has 0 aromatic rings. The quantitative estimate of drug-likeness (QED) is 0.0824. The van der Waals surface area contributed by atoms with Gasteiger partial charge in [-0.2, -0.15) is 0 Å². The van der Waals surface area contributed by atoms with E-state index in [-0.39, 0.29) is 42.4 Å². The van der Waals surface area contributed by atoms with Gasteiger partial charge in [0.2, 0.25) is 35.1 Å². The summed E-state index contributed by atoms with van der Waals surface area (Å²) >= 11 is 0. The highest BCUT2D eigenvalue weighted by atomic mass is 16.7. The van der Waals surface area contributed by atoms with E-state index in [0.717, 1.165) is 6.42 Å². The highest BCUT2D eigenvalue weighted by Gasteiger charge is 2.55. The molecule has 7 atom stereocenters. The largest absolute Gasteiger partial charge is 0.465 e. The average molecular weight is 1460 g/mol. The zero-order chi connectivity index (χ0) is 80.0. The van der Waals surface area contributed by atoms with Crippen LogP contribution in [0.15, 0.2) is 0 Å². The van der Waals surface area contributed by atoms with Gasteiger partial charge in [-0.1, -0.05) is 55.4 Å². The van der Waals surface area contributed by atoms with Crippen LogP contribution in [-0.4, -0.2) is 167 Å². The number of carbonyl (C=O) groups is 13. The first-order valence-corrected chi connectivity index (χ1v) is 35.3. The number of esters is 13. The second-order valence-electron chi connectivity index (χ2n) is 33.9. The fourth-order valence-corrected chi connectivity index (χ4v) is 8.74. The van der Waals surface area contributed by atoms with Crippen molar-refractivity contribution in [3.05, 3.63) is 0 Å². The van der Waals surface area contributed by atoms with Gasteiger partial charge in [0.05, 0.1) is 58.7 Å². The van der Waals surface area contributed by atoms with Crippen molar-refractivity contribution in [1.29, 1.82) is 0 Å².